The molecule has 0 atom stereocenters. The summed E-state index contributed by atoms with van der Waals surface area (Å²) in [7, 11) is 0. The van der Waals surface area contributed by atoms with E-state index in [1.807, 2.05) is 42.5 Å². The highest BCUT2D eigenvalue weighted by molar-refractivity contribution is 6.11. The number of hydrogen-bond acceptors (Lipinski definition) is 4. The molecular weight excluding hydrogens is 324 g/mol. The minimum atomic E-state index is -0.313. The number of aromatic nitrogens is 1. The number of fused-ring (bicyclic) bond motifs is 1. The van der Waals surface area contributed by atoms with Crippen molar-refractivity contribution in [1.29, 1.82) is 0 Å². The Hall–Kier alpha value is -3.66. The number of rotatable bonds is 3. The molecule has 0 radical (unpaired) electrons. The van der Waals surface area contributed by atoms with Crippen LogP contribution in [0.3, 0.4) is 0 Å². The Morgan fingerprint density at radius 3 is 2.38 bits per heavy atom. The van der Waals surface area contributed by atoms with Crippen LogP contribution in [-0.4, -0.2) is 15.9 Å². The van der Waals surface area contributed by atoms with E-state index in [1.165, 1.54) is 12.3 Å². The van der Waals surface area contributed by atoms with Crippen molar-refractivity contribution in [1.82, 2.24) is 4.98 Å². The minimum absolute atomic E-state index is 0.0605. The molecule has 26 heavy (non-hydrogen) atoms. The van der Waals surface area contributed by atoms with Crippen molar-refractivity contribution in [3.8, 4) is 17.0 Å². The number of phenolic OH excluding ortho intramolecular Hbond substituents is 1. The summed E-state index contributed by atoms with van der Waals surface area (Å²) in [5.74, 6) is -0.373. The molecule has 1 heterocycles. The molecule has 4 nitrogen and oxygen atoms in total. The van der Waals surface area contributed by atoms with E-state index >= 15 is 0 Å². The second-order valence-electron chi connectivity index (χ2n) is 6.07. The number of pyridine rings is 1. The number of anilines is 1. The number of aromatic hydroxyl groups is 1. The van der Waals surface area contributed by atoms with Crippen molar-refractivity contribution in [3.05, 3.63) is 90.1 Å². The van der Waals surface area contributed by atoms with Crippen LogP contribution in [-0.2, 0) is 0 Å². The lowest BCUT2D eigenvalue weighted by Gasteiger charge is -2.09. The first-order valence-corrected chi connectivity index (χ1v) is 8.21. The van der Waals surface area contributed by atoms with Gasteiger partial charge in [0.15, 0.2) is 5.78 Å². The predicted octanol–water partition coefficient (Wildman–Crippen LogP) is 4.42. The lowest BCUT2D eigenvalue weighted by atomic mass is 10.0. The monoisotopic (exact) mass is 340 g/mol. The number of carbonyl (C=O) groups is 1. The molecular formula is C22H16N2O2. The van der Waals surface area contributed by atoms with Crippen LogP contribution in [0.2, 0.25) is 0 Å². The number of hydrogen-bond donors (Lipinski definition) is 2. The average molecular weight is 340 g/mol. The maximum atomic E-state index is 12.6. The summed E-state index contributed by atoms with van der Waals surface area (Å²) in [6, 6.07) is 22.1. The summed E-state index contributed by atoms with van der Waals surface area (Å²) in [5, 5.41) is 12.1. The van der Waals surface area contributed by atoms with Gasteiger partial charge in [-0.2, -0.15) is 0 Å². The van der Waals surface area contributed by atoms with Gasteiger partial charge in [-0.05, 0) is 35.0 Å². The van der Waals surface area contributed by atoms with Crippen LogP contribution in [0.5, 0.6) is 5.75 Å². The van der Waals surface area contributed by atoms with Crippen LogP contribution in [0.1, 0.15) is 15.9 Å². The molecule has 0 amide bonds. The van der Waals surface area contributed by atoms with Crippen molar-refractivity contribution >= 4 is 22.2 Å². The maximum Gasteiger partial charge on any atom is 0.198 e. The molecule has 3 aromatic carbocycles. The Kier molecular flexibility index (Phi) is 3.86. The average Bonchev–Trinajstić information content (AvgIpc) is 2.67. The third-order valence-corrected chi connectivity index (χ3v) is 4.35. The lowest BCUT2D eigenvalue weighted by molar-refractivity contribution is 0.103. The summed E-state index contributed by atoms with van der Waals surface area (Å²) in [6.45, 7) is 0. The van der Waals surface area contributed by atoms with Crippen molar-refractivity contribution in [2.75, 3.05) is 5.73 Å². The molecule has 0 saturated carbocycles. The van der Waals surface area contributed by atoms with Gasteiger partial charge in [-0.1, -0.05) is 48.5 Å². The molecule has 4 aromatic rings. The Morgan fingerprint density at radius 1 is 0.885 bits per heavy atom. The molecule has 4 heteroatoms. The summed E-state index contributed by atoms with van der Waals surface area (Å²) in [6.07, 6.45) is 1.50. The molecule has 4 rings (SSSR count). The molecule has 1 aromatic heterocycles. The molecule has 0 fully saturated rings. The first kappa shape index (κ1) is 15.8. The van der Waals surface area contributed by atoms with Gasteiger partial charge in [0.2, 0.25) is 0 Å². The van der Waals surface area contributed by atoms with Crippen LogP contribution < -0.4 is 5.73 Å². The molecule has 0 spiro atoms. The quantitative estimate of drug-likeness (QED) is 0.541. The predicted molar refractivity (Wildman–Crippen MR) is 103 cm³/mol. The molecule has 0 aliphatic carbocycles. The summed E-state index contributed by atoms with van der Waals surface area (Å²) in [4.78, 5) is 17.0. The van der Waals surface area contributed by atoms with Gasteiger partial charge in [0.25, 0.3) is 0 Å². The fraction of sp³-hybridized carbons (Fsp3) is 0. The molecule has 0 unspecified atom stereocenters. The van der Waals surface area contributed by atoms with E-state index in [2.05, 4.69) is 4.98 Å². The van der Waals surface area contributed by atoms with Gasteiger partial charge in [-0.15, -0.1) is 0 Å². The zero-order valence-corrected chi connectivity index (χ0v) is 13.9. The largest absolute Gasteiger partial charge is 0.507 e. The Morgan fingerprint density at radius 2 is 1.62 bits per heavy atom. The molecule has 0 bridgehead atoms. The Balaban J connectivity index is 1.73. The lowest BCUT2D eigenvalue weighted by Crippen LogP contribution is -2.04. The SMILES string of the molecule is Nc1cc(C(=O)c2ccccc2O)cnc1-c1ccc2ccccc2c1. The van der Waals surface area contributed by atoms with Gasteiger partial charge in [-0.3, -0.25) is 9.78 Å². The second-order valence-corrected chi connectivity index (χ2v) is 6.07. The number of nitrogens with zero attached hydrogens (tertiary/aromatic N) is 1. The number of nitrogens with two attached hydrogens (primary N) is 1. The topological polar surface area (TPSA) is 76.2 Å². The summed E-state index contributed by atoms with van der Waals surface area (Å²) < 4.78 is 0. The fourth-order valence-corrected chi connectivity index (χ4v) is 3.00. The zero-order chi connectivity index (χ0) is 18.1. The highest BCUT2D eigenvalue weighted by Crippen LogP contribution is 2.29. The van der Waals surface area contributed by atoms with Crippen LogP contribution in [0, 0.1) is 0 Å². The van der Waals surface area contributed by atoms with Gasteiger partial charge < -0.3 is 10.8 Å². The van der Waals surface area contributed by atoms with Crippen LogP contribution in [0.15, 0.2) is 79.0 Å². The normalized spacial score (nSPS) is 10.8. The van der Waals surface area contributed by atoms with Gasteiger partial charge >= 0.3 is 0 Å². The molecule has 0 aliphatic heterocycles. The van der Waals surface area contributed by atoms with Crippen molar-refractivity contribution in [2.45, 2.75) is 0 Å². The first-order valence-electron chi connectivity index (χ1n) is 8.21. The van der Waals surface area contributed by atoms with Gasteiger partial charge in [0.05, 0.1) is 16.9 Å². The minimum Gasteiger partial charge on any atom is -0.507 e. The number of benzene rings is 3. The van der Waals surface area contributed by atoms with Crippen molar-refractivity contribution < 1.29 is 9.90 Å². The molecule has 0 saturated heterocycles. The Labute approximate surface area is 150 Å². The third kappa shape index (κ3) is 2.78. The van der Waals surface area contributed by atoms with Gasteiger partial charge in [-0.25, -0.2) is 0 Å². The van der Waals surface area contributed by atoms with Crippen molar-refractivity contribution in [2.24, 2.45) is 0 Å². The number of nitrogen functional groups attached to an aromatic ring is 1. The number of phenols is 1. The number of carbonyl (C=O) groups excluding carboxylic acids is 1. The standard InChI is InChI=1S/C22H16N2O2/c23-19-12-17(22(26)18-7-3-4-8-20(18)25)13-24-21(19)16-10-9-14-5-1-2-6-15(14)11-16/h1-13,25H,23H2. The second kappa shape index (κ2) is 6.33. The highest BCUT2D eigenvalue weighted by Gasteiger charge is 2.15. The fourth-order valence-electron chi connectivity index (χ4n) is 3.00. The van der Waals surface area contributed by atoms with E-state index in [0.717, 1.165) is 16.3 Å². The van der Waals surface area contributed by atoms with Crippen LogP contribution in [0.25, 0.3) is 22.0 Å². The highest BCUT2D eigenvalue weighted by atomic mass is 16.3. The number of ketones is 1. The van der Waals surface area contributed by atoms with Gasteiger partial charge in [0.1, 0.15) is 5.75 Å². The molecule has 0 aliphatic rings. The van der Waals surface area contributed by atoms with Crippen molar-refractivity contribution in [3.63, 3.8) is 0 Å². The maximum absolute atomic E-state index is 12.6. The smallest absolute Gasteiger partial charge is 0.198 e. The van der Waals surface area contributed by atoms with Gasteiger partial charge in [0, 0.05) is 17.3 Å². The van der Waals surface area contributed by atoms with Crippen LogP contribution >= 0.6 is 0 Å². The van der Waals surface area contributed by atoms with E-state index in [4.69, 9.17) is 5.73 Å². The summed E-state index contributed by atoms with van der Waals surface area (Å²) >= 11 is 0. The van der Waals surface area contributed by atoms with E-state index in [1.54, 1.807) is 24.3 Å². The third-order valence-electron chi connectivity index (χ3n) is 4.35. The van der Waals surface area contributed by atoms with E-state index < -0.39 is 0 Å². The van der Waals surface area contributed by atoms with E-state index in [-0.39, 0.29) is 17.1 Å². The van der Waals surface area contributed by atoms with E-state index in [0.29, 0.717) is 16.9 Å². The Bertz CT molecular complexity index is 1140. The number of para-hydroxylation sites is 1. The van der Waals surface area contributed by atoms with E-state index in [9.17, 15) is 9.90 Å². The van der Waals surface area contributed by atoms with Crippen LogP contribution in [0.4, 0.5) is 5.69 Å². The zero-order valence-electron chi connectivity index (χ0n) is 13.9. The first-order chi connectivity index (χ1) is 12.6. The molecule has 126 valence electrons. The molecule has 3 N–H and O–H groups in total. The summed E-state index contributed by atoms with van der Waals surface area (Å²) in [5.41, 5.74) is 8.68.